The number of rotatable bonds is 6. The van der Waals surface area contributed by atoms with Gasteiger partial charge in [0.15, 0.2) is 5.13 Å². The Labute approximate surface area is 195 Å². The first kappa shape index (κ1) is 22.9. The number of hydrogen-bond donors (Lipinski definition) is 3. The number of nitrogens with one attached hydrogen (secondary N) is 1. The van der Waals surface area contributed by atoms with Gasteiger partial charge in [-0.1, -0.05) is 48.1 Å². The third-order valence-corrected chi connectivity index (χ3v) is 8.25. The number of halogens is 1. The van der Waals surface area contributed by atoms with E-state index >= 15 is 0 Å². The highest BCUT2D eigenvalue weighted by Gasteiger charge is 2.28. The number of anilines is 2. The predicted octanol–water partition coefficient (Wildman–Crippen LogP) is 2.65. The number of nitrogen functional groups attached to an aromatic ring is 1. The molecule has 1 saturated heterocycles. The van der Waals surface area contributed by atoms with Crippen molar-refractivity contribution in [3.05, 3.63) is 41.0 Å². The fraction of sp³-hybridized carbons (Fsp3) is 0.350. The lowest BCUT2D eigenvalue weighted by atomic mass is 10.0. The van der Waals surface area contributed by atoms with Gasteiger partial charge in [-0.05, 0) is 18.1 Å². The van der Waals surface area contributed by atoms with Crippen molar-refractivity contribution in [2.75, 3.05) is 36.8 Å². The van der Waals surface area contributed by atoms with Crippen LogP contribution in [0.25, 0.3) is 21.8 Å². The van der Waals surface area contributed by atoms with E-state index in [1.807, 2.05) is 6.07 Å². The highest BCUT2D eigenvalue weighted by atomic mass is 35.5. The minimum Gasteiger partial charge on any atom is -0.368 e. The van der Waals surface area contributed by atoms with E-state index in [-0.39, 0.29) is 5.95 Å². The maximum absolute atomic E-state index is 12.2. The summed E-state index contributed by atoms with van der Waals surface area (Å²) in [5.41, 5.74) is 8.16. The van der Waals surface area contributed by atoms with Crippen LogP contribution in [-0.4, -0.2) is 49.5 Å². The third kappa shape index (κ3) is 4.57. The molecule has 0 spiro atoms. The second kappa shape index (κ2) is 9.28. The molecule has 170 valence electrons. The molecule has 4 rings (SSSR count). The second-order valence-electron chi connectivity index (χ2n) is 7.41. The fourth-order valence-electron chi connectivity index (χ4n) is 3.77. The van der Waals surface area contributed by atoms with E-state index in [0.29, 0.717) is 34.0 Å². The van der Waals surface area contributed by atoms with Gasteiger partial charge in [0.05, 0.1) is 21.3 Å². The molecule has 1 aliphatic rings. The number of nitrogens with two attached hydrogens (primary N) is 2. The molecule has 12 heteroatoms. The first-order valence-corrected chi connectivity index (χ1v) is 13.0. The van der Waals surface area contributed by atoms with Gasteiger partial charge < -0.3 is 16.0 Å². The van der Waals surface area contributed by atoms with Crippen LogP contribution in [-0.2, 0) is 10.0 Å². The summed E-state index contributed by atoms with van der Waals surface area (Å²) in [5.74, 6) is 0.158. The standard InChI is InChI=1S/C20H24ClN7O2S2/c1-2-15(32(23,29)30)12-4-3-5-13(16(12)21)17-18(14-6-7-25-19(22)26-14)31-20(27-17)28-10-8-24-9-11-28/h3-7,15,24H,2,8-11H2,1H3,(H2,22,25,26)(H2,23,29,30). The van der Waals surface area contributed by atoms with Gasteiger partial charge in [-0.2, -0.15) is 0 Å². The van der Waals surface area contributed by atoms with E-state index in [4.69, 9.17) is 27.5 Å². The zero-order valence-electron chi connectivity index (χ0n) is 17.5. The summed E-state index contributed by atoms with van der Waals surface area (Å²) in [4.78, 5) is 16.3. The second-order valence-corrected chi connectivity index (χ2v) is 10.5. The Morgan fingerprint density at radius 1 is 1.25 bits per heavy atom. The smallest absolute Gasteiger partial charge is 0.220 e. The Morgan fingerprint density at radius 3 is 2.66 bits per heavy atom. The van der Waals surface area contributed by atoms with E-state index in [0.717, 1.165) is 36.2 Å². The Kier molecular flexibility index (Phi) is 6.63. The van der Waals surface area contributed by atoms with Crippen LogP contribution >= 0.6 is 22.9 Å². The van der Waals surface area contributed by atoms with Crippen molar-refractivity contribution in [2.45, 2.75) is 18.6 Å². The molecule has 9 nitrogen and oxygen atoms in total. The maximum atomic E-state index is 12.2. The Balaban J connectivity index is 1.89. The first-order chi connectivity index (χ1) is 15.3. The molecule has 0 aliphatic carbocycles. The molecule has 0 amide bonds. The number of thiazole rings is 1. The normalized spacial score (nSPS) is 15.7. The summed E-state index contributed by atoms with van der Waals surface area (Å²) in [6.45, 7) is 5.16. The molecular weight excluding hydrogens is 470 g/mol. The highest BCUT2D eigenvalue weighted by molar-refractivity contribution is 7.89. The summed E-state index contributed by atoms with van der Waals surface area (Å²) < 4.78 is 24.3. The maximum Gasteiger partial charge on any atom is 0.220 e. The molecule has 3 aromatic rings. The van der Waals surface area contributed by atoms with Gasteiger partial charge in [-0.3, -0.25) is 0 Å². The van der Waals surface area contributed by atoms with Crippen LogP contribution < -0.4 is 21.1 Å². The largest absolute Gasteiger partial charge is 0.368 e. The summed E-state index contributed by atoms with van der Waals surface area (Å²) >= 11 is 8.27. The van der Waals surface area contributed by atoms with Crippen LogP contribution in [0.3, 0.4) is 0 Å². The van der Waals surface area contributed by atoms with Crippen molar-refractivity contribution in [2.24, 2.45) is 5.14 Å². The van der Waals surface area contributed by atoms with E-state index < -0.39 is 15.3 Å². The lowest BCUT2D eigenvalue weighted by Crippen LogP contribution is -2.43. The van der Waals surface area contributed by atoms with Crippen molar-refractivity contribution >= 4 is 44.0 Å². The Bertz CT molecular complexity index is 1230. The average molecular weight is 494 g/mol. The monoisotopic (exact) mass is 493 g/mol. The van der Waals surface area contributed by atoms with Crippen LogP contribution in [0.2, 0.25) is 5.02 Å². The molecule has 0 bridgehead atoms. The van der Waals surface area contributed by atoms with Crippen molar-refractivity contribution < 1.29 is 8.42 Å². The third-order valence-electron chi connectivity index (χ3n) is 5.31. The van der Waals surface area contributed by atoms with Crippen molar-refractivity contribution in [1.82, 2.24) is 20.3 Å². The molecule has 1 unspecified atom stereocenters. The van der Waals surface area contributed by atoms with Gasteiger partial charge >= 0.3 is 0 Å². The predicted molar refractivity (Wildman–Crippen MR) is 129 cm³/mol. The number of piperazine rings is 1. The van der Waals surface area contributed by atoms with Crippen LogP contribution in [0.4, 0.5) is 11.1 Å². The molecule has 3 heterocycles. The molecular formula is C20H24ClN7O2S2. The van der Waals surface area contributed by atoms with E-state index in [1.165, 1.54) is 11.3 Å². The Hall–Kier alpha value is -2.31. The summed E-state index contributed by atoms with van der Waals surface area (Å²) in [5, 5.41) is 9.06. The van der Waals surface area contributed by atoms with Gasteiger partial charge in [-0.25, -0.2) is 28.5 Å². The van der Waals surface area contributed by atoms with Gasteiger partial charge in [0.25, 0.3) is 0 Å². The number of nitrogens with zero attached hydrogens (tertiary/aromatic N) is 4. The Morgan fingerprint density at radius 2 is 2.00 bits per heavy atom. The molecule has 1 fully saturated rings. The van der Waals surface area contributed by atoms with Crippen molar-refractivity contribution in [1.29, 1.82) is 0 Å². The quantitative estimate of drug-likeness (QED) is 0.476. The first-order valence-electron chi connectivity index (χ1n) is 10.2. The van der Waals surface area contributed by atoms with Crippen molar-refractivity contribution in [3.63, 3.8) is 0 Å². The lowest BCUT2D eigenvalue weighted by molar-refractivity contribution is 0.581. The molecule has 0 radical (unpaired) electrons. The van der Waals surface area contributed by atoms with Crippen LogP contribution in [0.5, 0.6) is 0 Å². The molecule has 5 N–H and O–H groups in total. The van der Waals surface area contributed by atoms with Crippen LogP contribution in [0, 0.1) is 0 Å². The summed E-state index contributed by atoms with van der Waals surface area (Å²) in [6, 6.07) is 7.06. The van der Waals surface area contributed by atoms with Crippen LogP contribution in [0.15, 0.2) is 30.5 Å². The van der Waals surface area contributed by atoms with E-state index in [1.54, 1.807) is 31.3 Å². The minimum absolute atomic E-state index is 0.158. The number of benzene rings is 1. The number of aromatic nitrogens is 3. The topological polar surface area (TPSA) is 140 Å². The zero-order chi connectivity index (χ0) is 22.9. The molecule has 1 atom stereocenters. The lowest BCUT2D eigenvalue weighted by Gasteiger charge is -2.26. The van der Waals surface area contributed by atoms with Gasteiger partial charge in [0.2, 0.25) is 16.0 Å². The molecule has 32 heavy (non-hydrogen) atoms. The highest BCUT2D eigenvalue weighted by Crippen LogP contribution is 2.44. The molecule has 2 aromatic heterocycles. The summed E-state index contributed by atoms with van der Waals surface area (Å²) in [6.07, 6.45) is 1.90. The number of sulfonamides is 1. The van der Waals surface area contributed by atoms with Gasteiger partial charge in [0, 0.05) is 37.9 Å². The zero-order valence-corrected chi connectivity index (χ0v) is 19.8. The van der Waals surface area contributed by atoms with Gasteiger partial charge in [0.1, 0.15) is 5.25 Å². The number of primary sulfonamides is 1. The van der Waals surface area contributed by atoms with Crippen molar-refractivity contribution in [3.8, 4) is 21.8 Å². The SMILES string of the molecule is CCC(c1cccc(-c2nc(N3CCNCC3)sc2-c2ccnc(N)n2)c1Cl)S(N)(=O)=O. The minimum atomic E-state index is -3.82. The van der Waals surface area contributed by atoms with Gasteiger partial charge in [-0.15, -0.1) is 0 Å². The molecule has 0 saturated carbocycles. The number of hydrogen-bond acceptors (Lipinski definition) is 9. The average Bonchev–Trinajstić information content (AvgIpc) is 3.20. The van der Waals surface area contributed by atoms with Crippen LogP contribution in [0.1, 0.15) is 24.2 Å². The molecule has 1 aliphatic heterocycles. The fourth-order valence-corrected chi connectivity index (χ4v) is 6.30. The van der Waals surface area contributed by atoms with E-state index in [9.17, 15) is 8.42 Å². The summed E-state index contributed by atoms with van der Waals surface area (Å²) in [7, 11) is -3.82. The van der Waals surface area contributed by atoms with E-state index in [2.05, 4.69) is 20.2 Å². The molecule has 1 aromatic carbocycles.